The third-order valence-electron chi connectivity index (χ3n) is 1.80. The van der Waals surface area contributed by atoms with Crippen molar-refractivity contribution in [1.29, 1.82) is 0 Å². The number of hydrogen-bond donors (Lipinski definition) is 1. The molecule has 6 nitrogen and oxygen atoms in total. The first-order chi connectivity index (χ1) is 7.29. The van der Waals surface area contributed by atoms with E-state index in [0.29, 0.717) is 29.8 Å². The highest BCUT2D eigenvalue weighted by atomic mass is 16.5. The summed E-state index contributed by atoms with van der Waals surface area (Å²) in [5.74, 6) is 1.72. The number of nitrogens with zero attached hydrogens (tertiary/aromatic N) is 4. The molecular weight excluding hydrogens is 194 g/mol. The molecule has 0 amide bonds. The van der Waals surface area contributed by atoms with Crippen molar-refractivity contribution in [2.45, 2.75) is 13.5 Å². The predicted molar refractivity (Wildman–Crippen MR) is 52.8 cm³/mol. The van der Waals surface area contributed by atoms with Crippen LogP contribution in [0, 0.1) is 6.92 Å². The van der Waals surface area contributed by atoms with Crippen molar-refractivity contribution < 1.29 is 4.52 Å². The minimum Gasteiger partial charge on any atom is -0.337 e. The van der Waals surface area contributed by atoms with Gasteiger partial charge in [0.05, 0.1) is 6.54 Å². The van der Waals surface area contributed by atoms with E-state index in [-0.39, 0.29) is 0 Å². The lowest BCUT2D eigenvalue weighted by atomic mass is 10.4. The lowest BCUT2D eigenvalue weighted by Crippen LogP contribution is -2.05. The van der Waals surface area contributed by atoms with Crippen molar-refractivity contribution in [2.75, 3.05) is 7.05 Å². The van der Waals surface area contributed by atoms with Crippen molar-refractivity contribution >= 4 is 0 Å². The number of aryl methyl sites for hydroxylation is 1. The second-order valence-electron chi connectivity index (χ2n) is 3.03. The van der Waals surface area contributed by atoms with E-state index in [1.807, 2.05) is 14.0 Å². The van der Waals surface area contributed by atoms with Gasteiger partial charge in [0.25, 0.3) is 0 Å². The van der Waals surface area contributed by atoms with Crippen LogP contribution in [-0.2, 0) is 6.54 Å². The molecule has 2 rings (SSSR count). The van der Waals surface area contributed by atoms with Gasteiger partial charge in [-0.1, -0.05) is 5.16 Å². The van der Waals surface area contributed by atoms with Gasteiger partial charge in [0, 0.05) is 6.20 Å². The summed E-state index contributed by atoms with van der Waals surface area (Å²) in [5.41, 5.74) is 0.675. The fourth-order valence-electron chi connectivity index (χ4n) is 1.16. The van der Waals surface area contributed by atoms with Crippen molar-refractivity contribution in [3.63, 3.8) is 0 Å². The van der Waals surface area contributed by atoms with Gasteiger partial charge in [-0.2, -0.15) is 4.98 Å². The molecule has 0 atom stereocenters. The third-order valence-corrected chi connectivity index (χ3v) is 1.80. The minimum absolute atomic E-state index is 0.491. The molecule has 1 N–H and O–H groups in total. The molecule has 0 unspecified atom stereocenters. The summed E-state index contributed by atoms with van der Waals surface area (Å²) < 4.78 is 5.02. The zero-order chi connectivity index (χ0) is 10.7. The number of aromatic nitrogens is 4. The largest absolute Gasteiger partial charge is 0.337 e. The molecule has 0 saturated heterocycles. The third kappa shape index (κ3) is 2.16. The zero-order valence-electron chi connectivity index (χ0n) is 8.56. The van der Waals surface area contributed by atoms with Gasteiger partial charge < -0.3 is 9.84 Å². The molecule has 15 heavy (non-hydrogen) atoms. The van der Waals surface area contributed by atoms with Crippen LogP contribution in [0.4, 0.5) is 0 Å². The van der Waals surface area contributed by atoms with Gasteiger partial charge in [0.2, 0.25) is 11.7 Å². The van der Waals surface area contributed by atoms with Crippen LogP contribution in [0.25, 0.3) is 11.5 Å². The van der Waals surface area contributed by atoms with Crippen LogP contribution in [0.1, 0.15) is 11.7 Å². The Hall–Kier alpha value is -1.82. The average Bonchev–Trinajstić information content (AvgIpc) is 2.67. The highest BCUT2D eigenvalue weighted by molar-refractivity contribution is 5.46. The monoisotopic (exact) mass is 205 g/mol. The van der Waals surface area contributed by atoms with Crippen molar-refractivity contribution in [2.24, 2.45) is 0 Å². The Morgan fingerprint density at radius 2 is 2.27 bits per heavy atom. The van der Waals surface area contributed by atoms with Gasteiger partial charge in [-0.05, 0) is 20.0 Å². The minimum atomic E-state index is 0.491. The van der Waals surface area contributed by atoms with Gasteiger partial charge in [0.15, 0.2) is 0 Å². The second kappa shape index (κ2) is 4.14. The van der Waals surface area contributed by atoms with Gasteiger partial charge in [-0.3, -0.25) is 0 Å². The van der Waals surface area contributed by atoms with Gasteiger partial charge in [-0.15, -0.1) is 0 Å². The fourth-order valence-corrected chi connectivity index (χ4v) is 1.16. The molecule has 0 fully saturated rings. The van der Waals surface area contributed by atoms with E-state index in [1.165, 1.54) is 0 Å². The van der Waals surface area contributed by atoms with E-state index < -0.39 is 0 Å². The Bertz CT molecular complexity index is 453. The molecule has 0 aliphatic rings. The first-order valence-corrected chi connectivity index (χ1v) is 4.57. The van der Waals surface area contributed by atoms with Crippen LogP contribution in [0.15, 0.2) is 16.8 Å². The van der Waals surface area contributed by atoms with Crippen LogP contribution >= 0.6 is 0 Å². The van der Waals surface area contributed by atoms with E-state index in [2.05, 4.69) is 25.4 Å². The molecule has 2 aromatic rings. The highest BCUT2D eigenvalue weighted by Crippen LogP contribution is 2.11. The summed E-state index contributed by atoms with van der Waals surface area (Å²) in [7, 11) is 1.82. The maximum absolute atomic E-state index is 5.02. The van der Waals surface area contributed by atoms with Crippen LogP contribution in [0.5, 0.6) is 0 Å². The van der Waals surface area contributed by atoms with Gasteiger partial charge in [-0.25, -0.2) is 9.97 Å². The van der Waals surface area contributed by atoms with E-state index in [9.17, 15) is 0 Å². The SMILES string of the molecule is CNCc1nc(-c2ccnc(C)n2)no1. The molecule has 2 heterocycles. The van der Waals surface area contributed by atoms with E-state index in [1.54, 1.807) is 12.3 Å². The molecule has 2 aromatic heterocycles. The summed E-state index contributed by atoms with van der Waals surface area (Å²) in [6.45, 7) is 2.37. The predicted octanol–water partition coefficient (Wildman–Crippen LogP) is 0.554. The summed E-state index contributed by atoms with van der Waals surface area (Å²) >= 11 is 0. The van der Waals surface area contributed by atoms with Crippen molar-refractivity contribution in [3.8, 4) is 11.5 Å². The number of rotatable bonds is 3. The quantitative estimate of drug-likeness (QED) is 0.788. The Morgan fingerprint density at radius 1 is 1.40 bits per heavy atom. The van der Waals surface area contributed by atoms with Crippen LogP contribution in [-0.4, -0.2) is 27.2 Å². The fraction of sp³-hybridized carbons (Fsp3) is 0.333. The van der Waals surface area contributed by atoms with E-state index in [4.69, 9.17) is 4.52 Å². The average molecular weight is 205 g/mol. The summed E-state index contributed by atoms with van der Waals surface area (Å²) in [5, 5.41) is 6.76. The number of nitrogens with one attached hydrogen (secondary N) is 1. The Morgan fingerprint density at radius 3 is 3.00 bits per heavy atom. The molecule has 6 heteroatoms. The first-order valence-electron chi connectivity index (χ1n) is 4.57. The maximum Gasteiger partial charge on any atom is 0.240 e. The highest BCUT2D eigenvalue weighted by Gasteiger charge is 2.08. The van der Waals surface area contributed by atoms with Crippen molar-refractivity contribution in [1.82, 2.24) is 25.4 Å². The van der Waals surface area contributed by atoms with Crippen LogP contribution in [0.2, 0.25) is 0 Å². The standard InChI is InChI=1S/C9H11N5O/c1-6-11-4-3-7(12-6)9-13-8(5-10-2)15-14-9/h3-4,10H,5H2,1-2H3. The lowest BCUT2D eigenvalue weighted by molar-refractivity contribution is 0.372. The van der Waals surface area contributed by atoms with Gasteiger partial charge in [0.1, 0.15) is 11.5 Å². The van der Waals surface area contributed by atoms with Crippen LogP contribution in [0.3, 0.4) is 0 Å². The van der Waals surface area contributed by atoms with Gasteiger partial charge >= 0.3 is 0 Å². The topological polar surface area (TPSA) is 76.7 Å². The van der Waals surface area contributed by atoms with E-state index in [0.717, 1.165) is 0 Å². The normalized spacial score (nSPS) is 10.5. The Kier molecular flexibility index (Phi) is 2.68. The molecular formula is C9H11N5O. The zero-order valence-corrected chi connectivity index (χ0v) is 8.56. The van der Waals surface area contributed by atoms with Crippen LogP contribution < -0.4 is 5.32 Å². The summed E-state index contributed by atoms with van der Waals surface area (Å²) in [6.07, 6.45) is 1.67. The molecule has 78 valence electrons. The lowest BCUT2D eigenvalue weighted by Gasteiger charge is -1.93. The molecule has 0 radical (unpaired) electrons. The maximum atomic E-state index is 5.02. The second-order valence-corrected chi connectivity index (χ2v) is 3.03. The van der Waals surface area contributed by atoms with Crippen molar-refractivity contribution in [3.05, 3.63) is 24.0 Å². The Balaban J connectivity index is 2.29. The summed E-state index contributed by atoms with van der Waals surface area (Å²) in [6, 6.07) is 1.75. The molecule has 0 aromatic carbocycles. The number of hydrogen-bond acceptors (Lipinski definition) is 6. The summed E-state index contributed by atoms with van der Waals surface area (Å²) in [4.78, 5) is 12.4. The first kappa shape index (κ1) is 9.72. The molecule has 0 aliphatic carbocycles. The molecule has 0 saturated carbocycles. The molecule has 0 bridgehead atoms. The van der Waals surface area contributed by atoms with E-state index >= 15 is 0 Å². The smallest absolute Gasteiger partial charge is 0.240 e. The molecule has 0 spiro atoms. The Labute approximate surface area is 86.8 Å². The molecule has 0 aliphatic heterocycles.